The van der Waals surface area contributed by atoms with Crippen molar-refractivity contribution in [2.45, 2.75) is 13.3 Å². The molecule has 0 radical (unpaired) electrons. The third-order valence-electron chi connectivity index (χ3n) is 1.24. The number of allylic oxidation sites excluding steroid dienone is 1. The highest BCUT2D eigenvalue weighted by Gasteiger charge is 2.42. The molecule has 1 fully saturated rings. The van der Waals surface area contributed by atoms with Crippen LogP contribution in [0.5, 0.6) is 0 Å². The number of ether oxygens (including phenoxy) is 1. The Labute approximate surface area is 58.7 Å². The van der Waals surface area contributed by atoms with Crippen LogP contribution in [-0.2, 0) is 14.3 Å². The Bertz CT molecular complexity index is 193. The van der Waals surface area contributed by atoms with Gasteiger partial charge in [0.2, 0.25) is 0 Å². The Morgan fingerprint density at radius 3 is 2.80 bits per heavy atom. The number of rotatable bonds is 2. The second-order valence-corrected chi connectivity index (χ2v) is 2.13. The monoisotopic (exact) mass is 140 g/mol. The molecular formula is C7H8O3. The normalized spacial score (nSPS) is 23.3. The second-order valence-electron chi connectivity index (χ2n) is 2.13. The van der Waals surface area contributed by atoms with E-state index in [0.29, 0.717) is 6.42 Å². The lowest BCUT2D eigenvalue weighted by atomic mass is 10.4. The largest absolute Gasteiger partial charge is 0.434 e. The van der Waals surface area contributed by atoms with Crippen molar-refractivity contribution in [3.63, 3.8) is 0 Å². The lowest BCUT2D eigenvalue weighted by molar-refractivity contribution is -0.140. The maximum absolute atomic E-state index is 10.7. The maximum atomic E-state index is 10.7. The molecule has 0 heterocycles. The smallest absolute Gasteiger partial charge is 0.321 e. The van der Waals surface area contributed by atoms with Crippen molar-refractivity contribution in [1.29, 1.82) is 0 Å². The van der Waals surface area contributed by atoms with Crippen LogP contribution in [0.1, 0.15) is 13.3 Å². The first-order chi connectivity index (χ1) is 4.75. The number of esters is 1. The molecule has 0 aromatic rings. The molecule has 1 aliphatic carbocycles. The summed E-state index contributed by atoms with van der Waals surface area (Å²) in [7, 11) is 0. The van der Waals surface area contributed by atoms with Crippen molar-refractivity contribution in [2.75, 3.05) is 0 Å². The number of ketones is 1. The summed E-state index contributed by atoms with van der Waals surface area (Å²) >= 11 is 0. The summed E-state index contributed by atoms with van der Waals surface area (Å²) in [5, 5.41) is 0. The minimum Gasteiger partial charge on any atom is -0.434 e. The van der Waals surface area contributed by atoms with Crippen LogP contribution >= 0.6 is 0 Å². The molecule has 1 saturated carbocycles. The zero-order chi connectivity index (χ0) is 7.56. The lowest BCUT2D eigenvalue weighted by Crippen LogP contribution is -2.03. The summed E-state index contributed by atoms with van der Waals surface area (Å²) in [6, 6.07) is 0. The molecule has 0 saturated heterocycles. The number of Topliss-reactive ketones (excluding diaryl/α,β-unsaturated/α-hetero) is 1. The van der Waals surface area contributed by atoms with Gasteiger partial charge in [-0.25, -0.2) is 0 Å². The van der Waals surface area contributed by atoms with Crippen molar-refractivity contribution in [1.82, 2.24) is 0 Å². The number of hydrogen-bond acceptors (Lipinski definition) is 3. The molecule has 0 spiro atoms. The third-order valence-corrected chi connectivity index (χ3v) is 1.24. The fraction of sp³-hybridized carbons (Fsp3) is 0.429. The lowest BCUT2D eigenvalue weighted by Gasteiger charge is -1.91. The first-order valence-electron chi connectivity index (χ1n) is 3.10. The second kappa shape index (κ2) is 2.64. The Balaban J connectivity index is 2.29. The predicted molar refractivity (Wildman–Crippen MR) is 34.0 cm³/mol. The SMILES string of the molecule is CC=COC(=O)C1CC1=O. The highest BCUT2D eigenvalue weighted by Crippen LogP contribution is 2.24. The van der Waals surface area contributed by atoms with Gasteiger partial charge in [-0.2, -0.15) is 0 Å². The maximum Gasteiger partial charge on any atom is 0.321 e. The summed E-state index contributed by atoms with van der Waals surface area (Å²) in [6.07, 6.45) is 3.25. The fourth-order valence-electron chi connectivity index (χ4n) is 0.574. The van der Waals surface area contributed by atoms with Crippen LogP contribution in [0, 0.1) is 5.92 Å². The van der Waals surface area contributed by atoms with Crippen LogP contribution in [0.15, 0.2) is 12.3 Å². The average Bonchev–Trinajstić information content (AvgIpc) is 2.62. The van der Waals surface area contributed by atoms with E-state index in [-0.39, 0.29) is 5.78 Å². The average molecular weight is 140 g/mol. The number of hydrogen-bond donors (Lipinski definition) is 0. The molecule has 0 aromatic heterocycles. The van der Waals surface area contributed by atoms with E-state index in [1.54, 1.807) is 13.0 Å². The Morgan fingerprint density at radius 1 is 1.80 bits per heavy atom. The van der Waals surface area contributed by atoms with E-state index in [1.165, 1.54) is 6.26 Å². The Hall–Kier alpha value is -1.12. The van der Waals surface area contributed by atoms with Gasteiger partial charge in [0, 0.05) is 6.42 Å². The van der Waals surface area contributed by atoms with E-state index in [4.69, 9.17) is 0 Å². The molecule has 1 unspecified atom stereocenters. The molecule has 3 heteroatoms. The van der Waals surface area contributed by atoms with E-state index in [2.05, 4.69) is 4.74 Å². The van der Waals surface area contributed by atoms with E-state index < -0.39 is 11.9 Å². The summed E-state index contributed by atoms with van der Waals surface area (Å²) in [4.78, 5) is 21.0. The summed E-state index contributed by atoms with van der Waals surface area (Å²) < 4.78 is 4.55. The molecule has 0 amide bonds. The first kappa shape index (κ1) is 6.99. The van der Waals surface area contributed by atoms with E-state index in [9.17, 15) is 9.59 Å². The number of carbonyl (C=O) groups is 2. The van der Waals surface area contributed by atoms with Crippen LogP contribution in [0.4, 0.5) is 0 Å². The molecule has 1 aliphatic rings. The highest BCUT2D eigenvalue weighted by molar-refractivity contribution is 6.12. The predicted octanol–water partition coefficient (Wildman–Crippen LogP) is 0.652. The zero-order valence-electron chi connectivity index (χ0n) is 5.66. The standard InChI is InChI=1S/C7H8O3/c1-2-3-10-7(9)5-4-6(5)8/h2-3,5H,4H2,1H3. The molecular weight excluding hydrogens is 132 g/mol. The van der Waals surface area contributed by atoms with Gasteiger partial charge in [0.05, 0.1) is 6.26 Å². The zero-order valence-corrected chi connectivity index (χ0v) is 5.66. The van der Waals surface area contributed by atoms with E-state index in [0.717, 1.165) is 0 Å². The van der Waals surface area contributed by atoms with Crippen LogP contribution in [0.2, 0.25) is 0 Å². The van der Waals surface area contributed by atoms with Crippen LogP contribution in [0.3, 0.4) is 0 Å². The van der Waals surface area contributed by atoms with Crippen molar-refractivity contribution >= 4 is 11.8 Å². The molecule has 54 valence electrons. The van der Waals surface area contributed by atoms with Gasteiger partial charge in [-0.1, -0.05) is 6.08 Å². The molecule has 1 atom stereocenters. The van der Waals surface area contributed by atoms with Gasteiger partial charge in [-0.3, -0.25) is 9.59 Å². The Kier molecular flexibility index (Phi) is 1.85. The third kappa shape index (κ3) is 1.43. The highest BCUT2D eigenvalue weighted by atomic mass is 16.5. The quantitative estimate of drug-likeness (QED) is 0.321. The molecule has 10 heavy (non-hydrogen) atoms. The summed E-state index contributed by atoms with van der Waals surface area (Å²) in [5.74, 6) is -0.909. The minimum atomic E-state index is -0.462. The van der Waals surface area contributed by atoms with Gasteiger partial charge in [-0.15, -0.1) is 0 Å². The summed E-state index contributed by atoms with van der Waals surface area (Å²) in [5.41, 5.74) is 0. The van der Waals surface area contributed by atoms with Gasteiger partial charge in [0.1, 0.15) is 11.7 Å². The minimum absolute atomic E-state index is 0.0190. The molecule has 0 N–H and O–H groups in total. The molecule has 0 aliphatic heterocycles. The van der Waals surface area contributed by atoms with Crippen LogP contribution in [-0.4, -0.2) is 11.8 Å². The topological polar surface area (TPSA) is 43.4 Å². The van der Waals surface area contributed by atoms with Gasteiger partial charge in [0.15, 0.2) is 0 Å². The molecule has 3 nitrogen and oxygen atoms in total. The van der Waals surface area contributed by atoms with Crippen molar-refractivity contribution in [2.24, 2.45) is 5.92 Å². The summed E-state index contributed by atoms with van der Waals surface area (Å²) in [6.45, 7) is 1.74. The van der Waals surface area contributed by atoms with Gasteiger partial charge in [-0.05, 0) is 6.92 Å². The van der Waals surface area contributed by atoms with Crippen molar-refractivity contribution in [3.05, 3.63) is 12.3 Å². The van der Waals surface area contributed by atoms with E-state index >= 15 is 0 Å². The van der Waals surface area contributed by atoms with Gasteiger partial charge >= 0.3 is 5.97 Å². The molecule has 0 aromatic carbocycles. The van der Waals surface area contributed by atoms with Crippen molar-refractivity contribution in [3.8, 4) is 0 Å². The van der Waals surface area contributed by atoms with Gasteiger partial charge in [0.25, 0.3) is 0 Å². The van der Waals surface area contributed by atoms with Crippen molar-refractivity contribution < 1.29 is 14.3 Å². The fourth-order valence-corrected chi connectivity index (χ4v) is 0.574. The van der Waals surface area contributed by atoms with Gasteiger partial charge < -0.3 is 4.74 Å². The Morgan fingerprint density at radius 2 is 2.40 bits per heavy atom. The molecule has 0 bridgehead atoms. The molecule has 1 rings (SSSR count). The number of carbonyl (C=O) groups excluding carboxylic acids is 2. The van der Waals surface area contributed by atoms with E-state index in [1.807, 2.05) is 0 Å². The van der Waals surface area contributed by atoms with Crippen LogP contribution < -0.4 is 0 Å². The van der Waals surface area contributed by atoms with Crippen LogP contribution in [0.25, 0.3) is 0 Å². The first-order valence-corrected chi connectivity index (χ1v) is 3.10.